The molecule has 0 aliphatic carbocycles. The summed E-state index contributed by atoms with van der Waals surface area (Å²) in [5.74, 6) is 1.17. The van der Waals surface area contributed by atoms with E-state index in [4.69, 9.17) is 16.3 Å². The molecule has 1 amide bonds. The highest BCUT2D eigenvalue weighted by Gasteiger charge is 2.05. The lowest BCUT2D eigenvalue weighted by molar-refractivity contribution is 0.0951. The van der Waals surface area contributed by atoms with Crippen molar-refractivity contribution in [1.29, 1.82) is 0 Å². The number of alkyl halides is 1. The number of halogens is 1. The Morgan fingerprint density at radius 1 is 1.05 bits per heavy atom. The Balaban J connectivity index is 1.91. The lowest BCUT2D eigenvalue weighted by atomic mass is 10.1. The van der Waals surface area contributed by atoms with Crippen molar-refractivity contribution in [3.05, 3.63) is 65.2 Å². The van der Waals surface area contributed by atoms with Gasteiger partial charge in [0.1, 0.15) is 5.75 Å². The number of carbonyl (C=O) groups is 1. The maximum absolute atomic E-state index is 12.0. The number of ether oxygens (including phenoxy) is 1. The van der Waals surface area contributed by atoms with Crippen molar-refractivity contribution in [3.8, 4) is 5.75 Å². The smallest absolute Gasteiger partial charge is 0.251 e. The number of hydrogen-bond acceptors (Lipinski definition) is 2. The molecule has 0 fully saturated rings. The van der Waals surface area contributed by atoms with Crippen LogP contribution in [-0.4, -0.2) is 12.5 Å². The van der Waals surface area contributed by atoms with Crippen LogP contribution in [0.1, 0.15) is 28.4 Å². The highest BCUT2D eigenvalue weighted by molar-refractivity contribution is 6.17. The van der Waals surface area contributed by atoms with Gasteiger partial charge in [-0.2, -0.15) is 0 Å². The van der Waals surface area contributed by atoms with Crippen molar-refractivity contribution in [2.75, 3.05) is 6.61 Å². The van der Waals surface area contributed by atoms with E-state index in [2.05, 4.69) is 5.32 Å². The van der Waals surface area contributed by atoms with Crippen LogP contribution in [0.3, 0.4) is 0 Å². The molecular weight excluding hydrogens is 286 g/mol. The van der Waals surface area contributed by atoms with Gasteiger partial charge < -0.3 is 10.1 Å². The molecule has 110 valence electrons. The fourth-order valence-corrected chi connectivity index (χ4v) is 2.08. The SMILES string of the molecule is CCOc1ccc(C(=O)NCc2ccc(CCl)cc2)cc1. The minimum absolute atomic E-state index is 0.0977. The van der Waals surface area contributed by atoms with Gasteiger partial charge in [-0.1, -0.05) is 24.3 Å². The average Bonchev–Trinajstić information content (AvgIpc) is 2.54. The monoisotopic (exact) mass is 303 g/mol. The number of hydrogen-bond donors (Lipinski definition) is 1. The molecule has 0 aliphatic heterocycles. The van der Waals surface area contributed by atoms with Crippen molar-refractivity contribution >= 4 is 17.5 Å². The van der Waals surface area contributed by atoms with Gasteiger partial charge >= 0.3 is 0 Å². The van der Waals surface area contributed by atoms with E-state index in [0.29, 0.717) is 24.6 Å². The predicted octanol–water partition coefficient (Wildman–Crippen LogP) is 3.75. The number of nitrogens with one attached hydrogen (secondary N) is 1. The van der Waals surface area contributed by atoms with Crippen LogP contribution < -0.4 is 10.1 Å². The minimum atomic E-state index is -0.0977. The van der Waals surface area contributed by atoms with Gasteiger partial charge in [-0.3, -0.25) is 4.79 Å². The molecule has 0 spiro atoms. The van der Waals surface area contributed by atoms with E-state index in [1.165, 1.54) is 0 Å². The van der Waals surface area contributed by atoms with Gasteiger partial charge in [-0.25, -0.2) is 0 Å². The predicted molar refractivity (Wildman–Crippen MR) is 84.8 cm³/mol. The molecule has 21 heavy (non-hydrogen) atoms. The molecule has 2 rings (SSSR count). The molecule has 0 aliphatic rings. The Labute approximate surface area is 129 Å². The fourth-order valence-electron chi connectivity index (χ4n) is 1.90. The Bertz CT molecular complexity index is 579. The van der Waals surface area contributed by atoms with Crippen LogP contribution in [-0.2, 0) is 12.4 Å². The topological polar surface area (TPSA) is 38.3 Å². The van der Waals surface area contributed by atoms with Gasteiger partial charge in [0.15, 0.2) is 0 Å². The third-order valence-electron chi connectivity index (χ3n) is 3.06. The lowest BCUT2D eigenvalue weighted by Crippen LogP contribution is -2.22. The summed E-state index contributed by atoms with van der Waals surface area (Å²) in [4.78, 5) is 12.0. The van der Waals surface area contributed by atoms with Gasteiger partial charge in [-0.05, 0) is 42.3 Å². The Morgan fingerprint density at radius 3 is 2.24 bits per heavy atom. The summed E-state index contributed by atoms with van der Waals surface area (Å²) < 4.78 is 5.35. The van der Waals surface area contributed by atoms with Crippen molar-refractivity contribution in [3.63, 3.8) is 0 Å². The maximum Gasteiger partial charge on any atom is 0.251 e. The summed E-state index contributed by atoms with van der Waals surface area (Å²) in [6.45, 7) is 3.04. The normalized spacial score (nSPS) is 10.2. The summed E-state index contributed by atoms with van der Waals surface area (Å²) in [5.41, 5.74) is 2.73. The zero-order chi connectivity index (χ0) is 15.1. The van der Waals surface area contributed by atoms with Crippen LogP contribution in [0.5, 0.6) is 5.75 Å². The first-order chi connectivity index (χ1) is 10.2. The molecular formula is C17H18ClNO2. The van der Waals surface area contributed by atoms with E-state index in [1.807, 2.05) is 31.2 Å². The number of rotatable bonds is 6. The van der Waals surface area contributed by atoms with E-state index in [9.17, 15) is 4.79 Å². The van der Waals surface area contributed by atoms with Crippen molar-refractivity contribution in [1.82, 2.24) is 5.32 Å². The van der Waals surface area contributed by atoms with Crippen LogP contribution in [0.4, 0.5) is 0 Å². The highest BCUT2D eigenvalue weighted by Crippen LogP contribution is 2.12. The zero-order valence-corrected chi connectivity index (χ0v) is 12.7. The number of carbonyl (C=O) groups excluding carboxylic acids is 1. The average molecular weight is 304 g/mol. The van der Waals surface area contributed by atoms with E-state index < -0.39 is 0 Å². The molecule has 0 saturated carbocycles. The second kappa shape index (κ2) is 7.70. The first-order valence-corrected chi connectivity index (χ1v) is 7.41. The lowest BCUT2D eigenvalue weighted by Gasteiger charge is -2.07. The van der Waals surface area contributed by atoms with Crippen LogP contribution in [0.15, 0.2) is 48.5 Å². The molecule has 0 saturated heterocycles. The molecule has 2 aromatic carbocycles. The number of benzene rings is 2. The van der Waals surface area contributed by atoms with E-state index in [0.717, 1.165) is 16.9 Å². The maximum atomic E-state index is 12.0. The van der Waals surface area contributed by atoms with Gasteiger partial charge in [-0.15, -0.1) is 11.6 Å². The van der Waals surface area contributed by atoms with Crippen LogP contribution >= 0.6 is 11.6 Å². The molecule has 0 unspecified atom stereocenters. The second-order valence-corrected chi connectivity index (χ2v) is 4.86. The van der Waals surface area contributed by atoms with E-state index in [1.54, 1.807) is 24.3 Å². The third kappa shape index (κ3) is 4.50. The largest absolute Gasteiger partial charge is 0.494 e. The first kappa shape index (κ1) is 15.4. The molecule has 3 nitrogen and oxygen atoms in total. The molecule has 0 aromatic heterocycles. The zero-order valence-electron chi connectivity index (χ0n) is 11.9. The van der Waals surface area contributed by atoms with Crippen molar-refractivity contribution < 1.29 is 9.53 Å². The van der Waals surface area contributed by atoms with Crippen LogP contribution in [0.25, 0.3) is 0 Å². The summed E-state index contributed by atoms with van der Waals surface area (Å²) in [5, 5.41) is 2.89. The molecule has 4 heteroatoms. The third-order valence-corrected chi connectivity index (χ3v) is 3.37. The Morgan fingerprint density at radius 2 is 1.67 bits per heavy atom. The quantitative estimate of drug-likeness (QED) is 0.825. The second-order valence-electron chi connectivity index (χ2n) is 4.59. The Kier molecular flexibility index (Phi) is 5.64. The fraction of sp³-hybridized carbons (Fsp3) is 0.235. The minimum Gasteiger partial charge on any atom is -0.494 e. The van der Waals surface area contributed by atoms with Crippen LogP contribution in [0.2, 0.25) is 0 Å². The molecule has 1 N–H and O–H groups in total. The van der Waals surface area contributed by atoms with Crippen molar-refractivity contribution in [2.24, 2.45) is 0 Å². The molecule has 0 atom stereocenters. The highest BCUT2D eigenvalue weighted by atomic mass is 35.5. The molecule has 0 heterocycles. The molecule has 0 radical (unpaired) electrons. The van der Waals surface area contributed by atoms with Gasteiger partial charge in [0.05, 0.1) is 6.61 Å². The van der Waals surface area contributed by atoms with E-state index >= 15 is 0 Å². The van der Waals surface area contributed by atoms with Gasteiger partial charge in [0, 0.05) is 18.0 Å². The summed E-state index contributed by atoms with van der Waals surface area (Å²) >= 11 is 5.74. The van der Waals surface area contributed by atoms with Gasteiger partial charge in [0.25, 0.3) is 5.91 Å². The Hall–Kier alpha value is -2.00. The first-order valence-electron chi connectivity index (χ1n) is 6.87. The summed E-state index contributed by atoms with van der Waals surface area (Å²) in [7, 11) is 0. The van der Waals surface area contributed by atoms with Crippen LogP contribution in [0, 0.1) is 0 Å². The summed E-state index contributed by atoms with van der Waals surface area (Å²) in [6, 6.07) is 15.0. The summed E-state index contributed by atoms with van der Waals surface area (Å²) in [6.07, 6.45) is 0. The standard InChI is InChI=1S/C17H18ClNO2/c1-2-21-16-9-7-15(8-10-16)17(20)19-12-14-5-3-13(11-18)4-6-14/h3-10H,2,11-12H2,1H3,(H,19,20). The molecule has 2 aromatic rings. The van der Waals surface area contributed by atoms with Gasteiger partial charge in [0.2, 0.25) is 0 Å². The van der Waals surface area contributed by atoms with E-state index in [-0.39, 0.29) is 5.91 Å². The van der Waals surface area contributed by atoms with Crippen molar-refractivity contribution in [2.45, 2.75) is 19.3 Å². The number of amides is 1. The molecule has 0 bridgehead atoms.